The number of hydrogen-bond donors (Lipinski definition) is 1. The minimum Gasteiger partial charge on any atom is -0.373 e. The van der Waals surface area contributed by atoms with Gasteiger partial charge in [-0.2, -0.15) is 0 Å². The van der Waals surface area contributed by atoms with Gasteiger partial charge in [0, 0.05) is 24.7 Å². The Morgan fingerprint density at radius 1 is 1.25 bits per heavy atom. The Morgan fingerprint density at radius 2 is 1.94 bits per heavy atom. The van der Waals surface area contributed by atoms with Crippen LogP contribution in [0.3, 0.4) is 0 Å². The van der Waals surface area contributed by atoms with Crippen molar-refractivity contribution in [3.63, 3.8) is 0 Å². The lowest BCUT2D eigenvalue weighted by Crippen LogP contribution is -2.08. The van der Waals surface area contributed by atoms with Gasteiger partial charge < -0.3 is 5.32 Å². The highest BCUT2D eigenvalue weighted by atomic mass is 15.0. The number of nitrogens with zero attached hydrogens (tertiary/aromatic N) is 2. The van der Waals surface area contributed by atoms with Gasteiger partial charge >= 0.3 is 0 Å². The van der Waals surface area contributed by atoms with Crippen LogP contribution in [0.4, 0.5) is 5.82 Å². The highest BCUT2D eigenvalue weighted by Crippen LogP contribution is 2.18. The average molecular weight is 221 g/mol. The molecule has 1 atom stereocenters. The maximum Gasteiger partial charge on any atom is 0.133 e. The minimum absolute atomic E-state index is 0.430. The molecule has 0 aliphatic rings. The van der Waals surface area contributed by atoms with Gasteiger partial charge in [0.05, 0.1) is 0 Å². The summed E-state index contributed by atoms with van der Waals surface area (Å²) in [5, 5.41) is 3.11. The van der Waals surface area contributed by atoms with Crippen LogP contribution in [0.2, 0.25) is 0 Å². The van der Waals surface area contributed by atoms with Crippen molar-refractivity contribution in [3.8, 4) is 0 Å². The first kappa shape index (κ1) is 12.9. The maximum absolute atomic E-state index is 4.64. The van der Waals surface area contributed by atoms with Crippen molar-refractivity contribution in [1.29, 1.82) is 0 Å². The highest BCUT2D eigenvalue weighted by Gasteiger charge is 2.10. The Bertz CT molecular complexity index is 334. The molecule has 0 saturated heterocycles. The molecule has 0 amide bonds. The van der Waals surface area contributed by atoms with Crippen molar-refractivity contribution in [3.05, 3.63) is 17.6 Å². The number of anilines is 1. The van der Waals surface area contributed by atoms with E-state index in [9.17, 15) is 0 Å². The molecule has 0 aromatic carbocycles. The smallest absolute Gasteiger partial charge is 0.133 e. The van der Waals surface area contributed by atoms with E-state index >= 15 is 0 Å². The second kappa shape index (κ2) is 5.83. The second-order valence-electron chi connectivity index (χ2n) is 4.76. The first-order valence-electron chi connectivity index (χ1n) is 6.12. The molecule has 1 rings (SSSR count). The summed E-state index contributed by atoms with van der Waals surface area (Å²) in [5.41, 5.74) is 1.14. The van der Waals surface area contributed by atoms with E-state index < -0.39 is 0 Å². The summed E-state index contributed by atoms with van der Waals surface area (Å²) in [5.74, 6) is 2.95. The summed E-state index contributed by atoms with van der Waals surface area (Å²) in [6.45, 7) is 8.77. The van der Waals surface area contributed by atoms with Crippen molar-refractivity contribution in [1.82, 2.24) is 9.97 Å². The van der Waals surface area contributed by atoms with Crippen LogP contribution in [0.25, 0.3) is 0 Å². The van der Waals surface area contributed by atoms with Crippen molar-refractivity contribution >= 4 is 5.82 Å². The van der Waals surface area contributed by atoms with Gasteiger partial charge in [-0.05, 0) is 18.8 Å². The Kier molecular flexibility index (Phi) is 4.71. The Hall–Kier alpha value is -1.12. The van der Waals surface area contributed by atoms with E-state index in [0.29, 0.717) is 11.8 Å². The fourth-order valence-electron chi connectivity index (χ4n) is 1.57. The van der Waals surface area contributed by atoms with Crippen molar-refractivity contribution < 1.29 is 0 Å². The first-order valence-corrected chi connectivity index (χ1v) is 6.12. The monoisotopic (exact) mass is 221 g/mol. The predicted molar refractivity (Wildman–Crippen MR) is 68.8 cm³/mol. The lowest BCUT2D eigenvalue weighted by atomic mass is 10.1. The van der Waals surface area contributed by atoms with Crippen LogP contribution in [0.5, 0.6) is 0 Å². The molecule has 1 unspecified atom stereocenters. The number of hydrogen-bond acceptors (Lipinski definition) is 3. The molecule has 1 aromatic rings. The average Bonchev–Trinajstić information content (AvgIpc) is 2.26. The van der Waals surface area contributed by atoms with E-state index in [1.165, 1.54) is 0 Å². The van der Waals surface area contributed by atoms with Crippen LogP contribution in [0.15, 0.2) is 6.07 Å². The molecule has 1 N–H and O–H groups in total. The standard InChI is InChI=1S/C13H23N3/c1-6-10(4)13-15-11(7-9(2)3)8-12(14-5)16-13/h8-10H,6-7H2,1-5H3,(H,14,15,16). The molecule has 0 spiro atoms. The van der Waals surface area contributed by atoms with Gasteiger partial charge in [-0.15, -0.1) is 0 Å². The molecular formula is C13H23N3. The van der Waals surface area contributed by atoms with E-state index in [-0.39, 0.29) is 0 Å². The van der Waals surface area contributed by atoms with Crippen LogP contribution in [0.1, 0.15) is 51.6 Å². The molecule has 0 saturated carbocycles. The second-order valence-corrected chi connectivity index (χ2v) is 4.76. The third kappa shape index (κ3) is 3.47. The molecular weight excluding hydrogens is 198 g/mol. The van der Waals surface area contributed by atoms with E-state index in [1.54, 1.807) is 0 Å². The van der Waals surface area contributed by atoms with Gasteiger partial charge in [0.15, 0.2) is 0 Å². The van der Waals surface area contributed by atoms with Crippen LogP contribution in [-0.2, 0) is 6.42 Å². The Balaban J connectivity index is 3.00. The highest BCUT2D eigenvalue weighted by molar-refractivity contribution is 5.35. The molecule has 0 aliphatic heterocycles. The Morgan fingerprint density at radius 3 is 2.44 bits per heavy atom. The van der Waals surface area contributed by atoms with Gasteiger partial charge in [0.25, 0.3) is 0 Å². The molecule has 0 fully saturated rings. The molecule has 1 heterocycles. The number of nitrogens with one attached hydrogen (secondary N) is 1. The van der Waals surface area contributed by atoms with E-state index in [2.05, 4.69) is 43.0 Å². The normalized spacial score (nSPS) is 12.9. The van der Waals surface area contributed by atoms with Gasteiger partial charge in [-0.1, -0.05) is 27.7 Å². The molecule has 0 radical (unpaired) electrons. The number of rotatable bonds is 5. The van der Waals surface area contributed by atoms with Crippen LogP contribution in [-0.4, -0.2) is 17.0 Å². The third-order valence-electron chi connectivity index (χ3n) is 2.72. The third-order valence-corrected chi connectivity index (χ3v) is 2.72. The zero-order chi connectivity index (χ0) is 12.1. The lowest BCUT2D eigenvalue weighted by molar-refractivity contribution is 0.617. The molecule has 0 bridgehead atoms. The van der Waals surface area contributed by atoms with Crippen LogP contribution >= 0.6 is 0 Å². The molecule has 1 aromatic heterocycles. The van der Waals surface area contributed by atoms with E-state index in [4.69, 9.17) is 0 Å². The quantitative estimate of drug-likeness (QED) is 0.829. The lowest BCUT2D eigenvalue weighted by Gasteiger charge is -2.12. The number of aromatic nitrogens is 2. The summed E-state index contributed by atoms with van der Waals surface area (Å²) in [7, 11) is 1.90. The summed E-state index contributed by atoms with van der Waals surface area (Å²) >= 11 is 0. The van der Waals surface area contributed by atoms with E-state index in [1.807, 2.05) is 13.1 Å². The van der Waals surface area contributed by atoms with Crippen molar-refractivity contribution in [2.24, 2.45) is 5.92 Å². The van der Waals surface area contributed by atoms with Gasteiger partial charge in [0.2, 0.25) is 0 Å². The van der Waals surface area contributed by atoms with Crippen molar-refractivity contribution in [2.75, 3.05) is 12.4 Å². The summed E-state index contributed by atoms with van der Waals surface area (Å²) in [6, 6.07) is 2.05. The molecule has 3 heteroatoms. The summed E-state index contributed by atoms with van der Waals surface area (Å²) in [6.07, 6.45) is 2.09. The van der Waals surface area contributed by atoms with E-state index in [0.717, 1.165) is 30.2 Å². The van der Waals surface area contributed by atoms with Gasteiger partial charge in [0.1, 0.15) is 11.6 Å². The molecule has 90 valence electrons. The largest absolute Gasteiger partial charge is 0.373 e. The zero-order valence-electron chi connectivity index (χ0n) is 11.0. The molecule has 0 aliphatic carbocycles. The fourth-order valence-corrected chi connectivity index (χ4v) is 1.57. The Labute approximate surface area is 98.7 Å². The topological polar surface area (TPSA) is 37.8 Å². The van der Waals surface area contributed by atoms with Crippen molar-refractivity contribution in [2.45, 2.75) is 46.5 Å². The van der Waals surface area contributed by atoms with Crippen LogP contribution < -0.4 is 5.32 Å². The maximum atomic E-state index is 4.64. The van der Waals surface area contributed by atoms with Crippen LogP contribution in [0, 0.1) is 5.92 Å². The zero-order valence-corrected chi connectivity index (χ0v) is 11.0. The van der Waals surface area contributed by atoms with Gasteiger partial charge in [-0.3, -0.25) is 0 Å². The first-order chi connectivity index (χ1) is 7.56. The SMILES string of the molecule is CCC(C)c1nc(CC(C)C)cc(NC)n1. The summed E-state index contributed by atoms with van der Waals surface area (Å²) < 4.78 is 0. The summed E-state index contributed by atoms with van der Waals surface area (Å²) in [4.78, 5) is 9.15. The molecule has 3 nitrogen and oxygen atoms in total. The predicted octanol–water partition coefficient (Wildman–Crippen LogP) is 3.23. The fraction of sp³-hybridized carbons (Fsp3) is 0.692. The molecule has 16 heavy (non-hydrogen) atoms. The van der Waals surface area contributed by atoms with Gasteiger partial charge in [-0.25, -0.2) is 9.97 Å². The minimum atomic E-state index is 0.430.